The van der Waals surface area contributed by atoms with Crippen molar-refractivity contribution < 1.29 is 31.5 Å². The van der Waals surface area contributed by atoms with Gasteiger partial charge in [-0.25, -0.2) is 18.4 Å². The first-order chi connectivity index (χ1) is 14.0. The Labute approximate surface area is 178 Å². The molecule has 2 heterocycles. The number of alkyl halides is 3. The maximum atomic E-state index is 12.6. The summed E-state index contributed by atoms with van der Waals surface area (Å²) >= 11 is 2.67. The number of nitrogens with zero attached hydrogens (tertiary/aromatic N) is 2. The lowest BCUT2D eigenvalue weighted by atomic mass is 10.1. The third-order valence-corrected chi connectivity index (χ3v) is 7.41. The molecule has 2 aromatic heterocycles. The van der Waals surface area contributed by atoms with Crippen molar-refractivity contribution in [1.29, 1.82) is 0 Å². The molecule has 0 bridgehead atoms. The van der Waals surface area contributed by atoms with Gasteiger partial charge in [-0.15, -0.1) is 22.7 Å². The van der Waals surface area contributed by atoms with E-state index in [2.05, 4.69) is 9.97 Å². The number of aliphatic hydroxyl groups is 1. The SMILES string of the molecule is Cc1nc(CO)c(-c2csc(CC(=O)Cc3ccc(S(=O)(=O)C(F)(F)F)cc3)n2)s1. The summed E-state index contributed by atoms with van der Waals surface area (Å²) in [5.74, 6) is -0.217. The molecule has 3 rings (SSSR count). The van der Waals surface area contributed by atoms with Gasteiger partial charge in [0.2, 0.25) is 0 Å². The lowest BCUT2D eigenvalue weighted by Gasteiger charge is -2.08. The number of hydrogen-bond acceptors (Lipinski definition) is 8. The second kappa shape index (κ2) is 8.53. The largest absolute Gasteiger partial charge is 0.501 e. The number of Topliss-reactive ketones (excluding diaryl/α,β-unsaturated/α-hetero) is 1. The van der Waals surface area contributed by atoms with E-state index >= 15 is 0 Å². The molecule has 0 aliphatic carbocycles. The fraction of sp³-hybridized carbons (Fsp3) is 0.278. The smallest absolute Gasteiger partial charge is 0.390 e. The molecule has 6 nitrogen and oxygen atoms in total. The third-order valence-electron chi connectivity index (χ3n) is 4.03. The predicted molar refractivity (Wildman–Crippen MR) is 106 cm³/mol. The maximum Gasteiger partial charge on any atom is 0.501 e. The van der Waals surface area contributed by atoms with E-state index in [1.807, 2.05) is 6.92 Å². The van der Waals surface area contributed by atoms with Gasteiger partial charge in [0.1, 0.15) is 10.8 Å². The summed E-state index contributed by atoms with van der Waals surface area (Å²) in [5.41, 5.74) is -3.83. The van der Waals surface area contributed by atoms with E-state index in [4.69, 9.17) is 0 Å². The summed E-state index contributed by atoms with van der Waals surface area (Å²) in [6, 6.07) is 4.07. The van der Waals surface area contributed by atoms with Crippen LogP contribution >= 0.6 is 22.7 Å². The Kier molecular flexibility index (Phi) is 6.41. The predicted octanol–water partition coefficient (Wildman–Crippen LogP) is 3.72. The molecule has 1 aromatic carbocycles. The molecule has 3 aromatic rings. The Morgan fingerprint density at radius 1 is 1.13 bits per heavy atom. The molecule has 0 amide bonds. The first-order valence-corrected chi connectivity index (χ1v) is 11.6. The molecule has 0 atom stereocenters. The first-order valence-electron chi connectivity index (χ1n) is 8.45. The van der Waals surface area contributed by atoms with Crippen molar-refractivity contribution >= 4 is 38.3 Å². The average molecular weight is 477 g/mol. The van der Waals surface area contributed by atoms with Gasteiger partial charge in [0.25, 0.3) is 9.84 Å². The minimum atomic E-state index is -5.41. The topological polar surface area (TPSA) is 97.2 Å². The summed E-state index contributed by atoms with van der Waals surface area (Å²) in [6.07, 6.45) is -0.0394. The fourth-order valence-corrected chi connectivity index (χ4v) is 5.19. The highest BCUT2D eigenvalue weighted by Crippen LogP contribution is 2.32. The number of aryl methyl sites for hydroxylation is 1. The molecule has 0 aliphatic rings. The van der Waals surface area contributed by atoms with Crippen LogP contribution in [0.3, 0.4) is 0 Å². The minimum Gasteiger partial charge on any atom is -0.390 e. The number of aliphatic hydroxyl groups excluding tert-OH is 1. The molecule has 30 heavy (non-hydrogen) atoms. The van der Waals surface area contributed by atoms with Crippen LogP contribution in [0.4, 0.5) is 13.2 Å². The van der Waals surface area contributed by atoms with Crippen molar-refractivity contribution in [2.75, 3.05) is 0 Å². The van der Waals surface area contributed by atoms with E-state index in [0.29, 0.717) is 22.0 Å². The Hall–Kier alpha value is -2.15. The van der Waals surface area contributed by atoms with Gasteiger partial charge in [0, 0.05) is 11.8 Å². The maximum absolute atomic E-state index is 12.6. The van der Waals surface area contributed by atoms with Crippen LogP contribution in [0.25, 0.3) is 10.6 Å². The lowest BCUT2D eigenvalue weighted by Crippen LogP contribution is -2.23. The van der Waals surface area contributed by atoms with Gasteiger partial charge in [-0.1, -0.05) is 12.1 Å². The number of sulfone groups is 1. The van der Waals surface area contributed by atoms with E-state index in [-0.39, 0.29) is 25.2 Å². The summed E-state index contributed by atoms with van der Waals surface area (Å²) in [7, 11) is -5.41. The molecule has 0 aliphatic heterocycles. The summed E-state index contributed by atoms with van der Waals surface area (Å²) in [5, 5.41) is 12.5. The second-order valence-corrected chi connectivity index (χ2v) is 10.4. The lowest BCUT2D eigenvalue weighted by molar-refractivity contribution is -0.117. The zero-order valence-electron chi connectivity index (χ0n) is 15.4. The molecule has 0 saturated heterocycles. The van der Waals surface area contributed by atoms with Gasteiger partial charge in [-0.3, -0.25) is 4.79 Å². The Morgan fingerprint density at radius 2 is 1.80 bits per heavy atom. The van der Waals surface area contributed by atoms with Crippen molar-refractivity contribution in [2.45, 2.75) is 36.8 Å². The Balaban J connectivity index is 1.67. The molecule has 0 saturated carbocycles. The number of carbonyl (C=O) groups is 1. The fourth-order valence-electron chi connectivity index (χ4n) is 2.65. The van der Waals surface area contributed by atoms with Crippen molar-refractivity contribution in [3.05, 3.63) is 50.9 Å². The van der Waals surface area contributed by atoms with Crippen molar-refractivity contribution in [2.24, 2.45) is 0 Å². The highest BCUT2D eigenvalue weighted by Gasteiger charge is 2.46. The highest BCUT2D eigenvalue weighted by atomic mass is 32.2. The van der Waals surface area contributed by atoms with Gasteiger partial charge in [-0.2, -0.15) is 13.2 Å². The normalized spacial score (nSPS) is 12.3. The number of carbonyl (C=O) groups excluding carboxylic acids is 1. The van der Waals surface area contributed by atoms with E-state index < -0.39 is 20.2 Å². The van der Waals surface area contributed by atoms with E-state index in [0.717, 1.165) is 22.0 Å². The van der Waals surface area contributed by atoms with Crippen LogP contribution < -0.4 is 0 Å². The molecule has 0 fully saturated rings. The van der Waals surface area contributed by atoms with Gasteiger partial charge in [-0.05, 0) is 24.6 Å². The zero-order chi connectivity index (χ0) is 22.1. The van der Waals surface area contributed by atoms with Crippen LogP contribution in [0, 0.1) is 6.92 Å². The van der Waals surface area contributed by atoms with E-state index in [1.165, 1.54) is 34.8 Å². The van der Waals surface area contributed by atoms with Crippen LogP contribution in [-0.2, 0) is 34.1 Å². The van der Waals surface area contributed by atoms with Crippen LogP contribution in [0.1, 0.15) is 21.3 Å². The molecule has 1 N–H and O–H groups in total. The van der Waals surface area contributed by atoms with Crippen LogP contribution in [-0.4, -0.2) is 34.8 Å². The molecular weight excluding hydrogens is 461 g/mol. The van der Waals surface area contributed by atoms with Crippen LogP contribution in [0.2, 0.25) is 0 Å². The molecule has 0 spiro atoms. The van der Waals surface area contributed by atoms with E-state index in [9.17, 15) is 31.5 Å². The highest BCUT2D eigenvalue weighted by molar-refractivity contribution is 7.92. The molecule has 12 heteroatoms. The van der Waals surface area contributed by atoms with Gasteiger partial charge >= 0.3 is 5.51 Å². The Morgan fingerprint density at radius 3 is 2.40 bits per heavy atom. The quantitative estimate of drug-likeness (QED) is 0.558. The number of hydrogen-bond donors (Lipinski definition) is 1. The second-order valence-electron chi connectivity index (χ2n) is 6.28. The van der Waals surface area contributed by atoms with Crippen molar-refractivity contribution in [3.8, 4) is 10.6 Å². The summed E-state index contributed by atoms with van der Waals surface area (Å²) in [4.78, 5) is 20.8. The van der Waals surface area contributed by atoms with Crippen LogP contribution in [0.15, 0.2) is 34.5 Å². The molecule has 0 unspecified atom stereocenters. The number of aromatic nitrogens is 2. The number of benzene rings is 1. The standard InChI is InChI=1S/C18H15F3N2O4S3/c1-10-22-14(8-24)17(29-10)15-9-28-16(23-15)7-12(25)6-11-2-4-13(5-3-11)30(26,27)18(19,20)21/h2-5,9,24H,6-8H2,1H3. The summed E-state index contributed by atoms with van der Waals surface area (Å²) < 4.78 is 60.5. The summed E-state index contributed by atoms with van der Waals surface area (Å²) in [6.45, 7) is 1.60. The number of ketones is 1. The zero-order valence-corrected chi connectivity index (χ0v) is 17.9. The van der Waals surface area contributed by atoms with E-state index in [1.54, 1.807) is 5.38 Å². The average Bonchev–Trinajstić information content (AvgIpc) is 3.27. The molecule has 0 radical (unpaired) electrons. The number of halogens is 3. The Bertz CT molecular complexity index is 1170. The minimum absolute atomic E-state index is 0.0273. The van der Waals surface area contributed by atoms with Crippen LogP contribution in [0.5, 0.6) is 0 Å². The third kappa shape index (κ3) is 4.77. The van der Waals surface area contributed by atoms with Gasteiger partial charge in [0.05, 0.1) is 39.2 Å². The van der Waals surface area contributed by atoms with Crippen molar-refractivity contribution in [1.82, 2.24) is 9.97 Å². The first kappa shape index (κ1) is 22.5. The number of thiazole rings is 2. The van der Waals surface area contributed by atoms with Gasteiger partial charge < -0.3 is 5.11 Å². The van der Waals surface area contributed by atoms with Crippen molar-refractivity contribution in [3.63, 3.8) is 0 Å². The monoisotopic (exact) mass is 476 g/mol. The van der Waals surface area contributed by atoms with Gasteiger partial charge in [0.15, 0.2) is 0 Å². The molecule has 160 valence electrons. The molecular formula is C18H15F3N2O4S3. The number of rotatable bonds is 7.